The number of benzene rings is 3. The van der Waals surface area contributed by atoms with Crippen molar-refractivity contribution in [2.75, 3.05) is 29.7 Å². The van der Waals surface area contributed by atoms with Gasteiger partial charge in [-0.1, -0.05) is 80.6 Å². The summed E-state index contributed by atoms with van der Waals surface area (Å²) in [5.41, 5.74) is 4.38. The first kappa shape index (κ1) is 20.8. The van der Waals surface area contributed by atoms with Crippen molar-refractivity contribution in [1.82, 2.24) is 4.90 Å². The van der Waals surface area contributed by atoms with Gasteiger partial charge in [-0.25, -0.2) is 0 Å². The molecule has 1 heterocycles. The molecule has 3 aromatic carbocycles. The number of anilines is 2. The Kier molecular flexibility index (Phi) is 6.43. The van der Waals surface area contributed by atoms with E-state index < -0.39 is 0 Å². The number of carbonyl (C=O) groups excluding carboxylic acids is 1. The van der Waals surface area contributed by atoms with Gasteiger partial charge in [-0.15, -0.1) is 0 Å². The number of hydrazone groups is 1. The standard InChI is InChI=1S/C26H28N4O/c1-3-28(4-2)20-29-24-18-12-11-17-23(24)25(26(29)31)27-30(22-15-9-6-10-16-22)19-21-13-7-5-8-14-21/h5-18H,3-4,19-20H2,1-2H3. The van der Waals surface area contributed by atoms with E-state index in [0.29, 0.717) is 18.9 Å². The van der Waals surface area contributed by atoms with E-state index in [-0.39, 0.29) is 5.91 Å². The predicted molar refractivity (Wildman–Crippen MR) is 127 cm³/mol. The molecule has 31 heavy (non-hydrogen) atoms. The Morgan fingerprint density at radius 2 is 1.42 bits per heavy atom. The smallest absolute Gasteiger partial charge is 0.280 e. The molecule has 0 bridgehead atoms. The molecule has 0 fully saturated rings. The zero-order valence-electron chi connectivity index (χ0n) is 18.1. The van der Waals surface area contributed by atoms with Crippen LogP contribution in [0.15, 0.2) is 90.0 Å². The molecule has 5 nitrogen and oxygen atoms in total. The minimum absolute atomic E-state index is 0.0536. The van der Waals surface area contributed by atoms with Crippen LogP contribution in [0.25, 0.3) is 0 Å². The topological polar surface area (TPSA) is 39.1 Å². The van der Waals surface area contributed by atoms with E-state index in [2.05, 4.69) is 30.9 Å². The van der Waals surface area contributed by atoms with E-state index in [9.17, 15) is 4.79 Å². The third kappa shape index (κ3) is 4.52. The molecule has 0 unspecified atom stereocenters. The first-order valence-corrected chi connectivity index (χ1v) is 10.8. The van der Waals surface area contributed by atoms with Gasteiger partial charge in [-0.05, 0) is 36.9 Å². The van der Waals surface area contributed by atoms with Gasteiger partial charge < -0.3 is 0 Å². The Labute approximate surface area is 184 Å². The van der Waals surface area contributed by atoms with Crippen molar-refractivity contribution in [3.63, 3.8) is 0 Å². The molecule has 158 valence electrons. The number of hydrogen-bond donors (Lipinski definition) is 0. The Morgan fingerprint density at radius 1 is 0.806 bits per heavy atom. The van der Waals surface area contributed by atoms with Crippen LogP contribution in [-0.4, -0.2) is 36.3 Å². The monoisotopic (exact) mass is 412 g/mol. The van der Waals surface area contributed by atoms with Crippen LogP contribution in [0, 0.1) is 0 Å². The van der Waals surface area contributed by atoms with Crippen molar-refractivity contribution in [1.29, 1.82) is 0 Å². The van der Waals surface area contributed by atoms with Crippen LogP contribution in [0.4, 0.5) is 11.4 Å². The minimum Gasteiger partial charge on any atom is -0.293 e. The average molecular weight is 413 g/mol. The molecule has 5 heteroatoms. The maximum absolute atomic E-state index is 13.5. The fourth-order valence-corrected chi connectivity index (χ4v) is 3.78. The van der Waals surface area contributed by atoms with Gasteiger partial charge in [0.2, 0.25) is 0 Å². The quantitative estimate of drug-likeness (QED) is 0.502. The number of para-hydroxylation sites is 2. The summed E-state index contributed by atoms with van der Waals surface area (Å²) >= 11 is 0. The van der Waals surface area contributed by atoms with Crippen LogP contribution in [0.2, 0.25) is 0 Å². The minimum atomic E-state index is -0.0536. The summed E-state index contributed by atoms with van der Waals surface area (Å²) in [5.74, 6) is -0.0536. The highest BCUT2D eigenvalue weighted by Crippen LogP contribution is 2.30. The lowest BCUT2D eigenvalue weighted by atomic mass is 10.1. The molecule has 0 aromatic heterocycles. The highest BCUT2D eigenvalue weighted by Gasteiger charge is 2.35. The molecule has 0 spiro atoms. The molecule has 4 rings (SSSR count). The second-order valence-electron chi connectivity index (χ2n) is 7.52. The summed E-state index contributed by atoms with van der Waals surface area (Å²) in [5, 5.41) is 6.83. The van der Waals surface area contributed by atoms with Gasteiger partial charge in [0.1, 0.15) is 0 Å². The van der Waals surface area contributed by atoms with Crippen LogP contribution in [0.3, 0.4) is 0 Å². The van der Waals surface area contributed by atoms with Crippen LogP contribution < -0.4 is 9.91 Å². The van der Waals surface area contributed by atoms with Gasteiger partial charge in [0, 0.05) is 5.56 Å². The first-order chi connectivity index (χ1) is 15.2. The average Bonchev–Trinajstić information content (AvgIpc) is 3.09. The van der Waals surface area contributed by atoms with Gasteiger partial charge in [0.05, 0.1) is 24.6 Å². The van der Waals surface area contributed by atoms with Gasteiger partial charge >= 0.3 is 0 Å². The molecule has 0 atom stereocenters. The Hall–Kier alpha value is -3.44. The van der Waals surface area contributed by atoms with Crippen molar-refractivity contribution in [3.05, 3.63) is 96.1 Å². The summed E-state index contributed by atoms with van der Waals surface area (Å²) < 4.78 is 0. The number of fused-ring (bicyclic) bond motifs is 1. The van der Waals surface area contributed by atoms with E-state index in [1.165, 1.54) is 0 Å². The largest absolute Gasteiger partial charge is 0.293 e. The second-order valence-corrected chi connectivity index (χ2v) is 7.52. The summed E-state index contributed by atoms with van der Waals surface area (Å²) in [6, 6.07) is 28.1. The zero-order chi connectivity index (χ0) is 21.6. The van der Waals surface area contributed by atoms with Gasteiger partial charge in [-0.2, -0.15) is 5.10 Å². The van der Waals surface area contributed by atoms with Crippen molar-refractivity contribution in [3.8, 4) is 0 Å². The van der Waals surface area contributed by atoms with Crippen molar-refractivity contribution >= 4 is 23.0 Å². The molecule has 0 aliphatic carbocycles. The third-order valence-electron chi connectivity index (χ3n) is 5.58. The van der Waals surface area contributed by atoms with Crippen LogP contribution >= 0.6 is 0 Å². The van der Waals surface area contributed by atoms with Gasteiger partial charge in [0.25, 0.3) is 5.91 Å². The molecule has 0 N–H and O–H groups in total. The van der Waals surface area contributed by atoms with Crippen LogP contribution in [0.1, 0.15) is 25.0 Å². The van der Waals surface area contributed by atoms with E-state index in [1.54, 1.807) is 0 Å². The highest BCUT2D eigenvalue weighted by molar-refractivity contribution is 6.54. The fraction of sp³-hybridized carbons (Fsp3) is 0.231. The highest BCUT2D eigenvalue weighted by atomic mass is 16.2. The number of amides is 1. The zero-order valence-corrected chi connectivity index (χ0v) is 18.1. The maximum Gasteiger partial charge on any atom is 0.280 e. The lowest BCUT2D eigenvalue weighted by molar-refractivity contribution is -0.112. The first-order valence-electron chi connectivity index (χ1n) is 10.8. The number of nitrogens with zero attached hydrogens (tertiary/aromatic N) is 4. The number of hydrogen-bond acceptors (Lipinski definition) is 4. The van der Waals surface area contributed by atoms with Crippen molar-refractivity contribution in [2.45, 2.75) is 20.4 Å². The molecule has 1 amide bonds. The molecule has 1 aliphatic heterocycles. The summed E-state index contributed by atoms with van der Waals surface area (Å²) in [4.78, 5) is 17.6. The summed E-state index contributed by atoms with van der Waals surface area (Å²) in [7, 11) is 0. The third-order valence-corrected chi connectivity index (χ3v) is 5.58. The SMILES string of the molecule is CCN(CC)CN1C(=O)C(=NN(Cc2ccccc2)c2ccccc2)c2ccccc21. The van der Waals surface area contributed by atoms with Gasteiger partial charge in [-0.3, -0.25) is 19.6 Å². The number of carbonyl (C=O) groups is 1. The molecule has 1 aliphatic rings. The van der Waals surface area contributed by atoms with E-state index in [4.69, 9.17) is 5.10 Å². The Bertz CT molecular complexity index is 1050. The molecule has 0 saturated carbocycles. The lowest BCUT2D eigenvalue weighted by Gasteiger charge is -2.25. The molecular formula is C26H28N4O. The molecule has 0 saturated heterocycles. The fourth-order valence-electron chi connectivity index (χ4n) is 3.78. The van der Waals surface area contributed by atoms with Crippen LogP contribution in [0.5, 0.6) is 0 Å². The van der Waals surface area contributed by atoms with Gasteiger partial charge in [0.15, 0.2) is 5.71 Å². The second kappa shape index (κ2) is 9.58. The van der Waals surface area contributed by atoms with E-state index in [1.807, 2.05) is 82.7 Å². The van der Waals surface area contributed by atoms with Crippen molar-refractivity contribution in [2.24, 2.45) is 5.10 Å². The number of rotatable bonds is 8. The molecular weight excluding hydrogens is 384 g/mol. The molecule has 0 radical (unpaired) electrons. The summed E-state index contributed by atoms with van der Waals surface area (Å²) in [6.45, 7) is 7.15. The normalized spacial score (nSPS) is 14.4. The van der Waals surface area contributed by atoms with E-state index >= 15 is 0 Å². The summed E-state index contributed by atoms with van der Waals surface area (Å²) in [6.07, 6.45) is 0. The maximum atomic E-state index is 13.5. The Balaban J connectivity index is 1.74. The van der Waals surface area contributed by atoms with Crippen molar-refractivity contribution < 1.29 is 4.79 Å². The lowest BCUT2D eigenvalue weighted by Crippen LogP contribution is -2.41. The molecule has 3 aromatic rings. The van der Waals surface area contributed by atoms with Crippen LogP contribution in [-0.2, 0) is 11.3 Å². The van der Waals surface area contributed by atoms with E-state index in [0.717, 1.165) is 35.6 Å². The predicted octanol–water partition coefficient (Wildman–Crippen LogP) is 4.74. The Morgan fingerprint density at radius 3 is 2.10 bits per heavy atom.